The van der Waals surface area contributed by atoms with Crippen LogP contribution in [0.2, 0.25) is 0 Å². The van der Waals surface area contributed by atoms with E-state index in [0.717, 1.165) is 24.3 Å². The minimum absolute atomic E-state index is 0.0325. The summed E-state index contributed by atoms with van der Waals surface area (Å²) >= 11 is 0. The fourth-order valence-electron chi connectivity index (χ4n) is 2.87. The van der Waals surface area contributed by atoms with Gasteiger partial charge in [0.25, 0.3) is 11.6 Å². The molecule has 0 N–H and O–H groups in total. The van der Waals surface area contributed by atoms with Gasteiger partial charge >= 0.3 is 0 Å². The zero-order chi connectivity index (χ0) is 18.8. The Hall–Kier alpha value is -3.10. The Morgan fingerprint density at radius 3 is 2.27 bits per heavy atom. The summed E-state index contributed by atoms with van der Waals surface area (Å²) in [7, 11) is 0. The molecule has 0 aromatic heterocycles. The van der Waals surface area contributed by atoms with E-state index in [1.807, 2.05) is 0 Å². The van der Waals surface area contributed by atoms with Crippen LogP contribution in [0, 0.1) is 27.6 Å². The second-order valence-electron chi connectivity index (χ2n) is 5.80. The molecule has 1 amide bonds. The number of rotatable bonds is 3. The molecule has 136 valence electrons. The summed E-state index contributed by atoms with van der Waals surface area (Å²) in [4.78, 5) is 26.0. The number of nitrogens with zero attached hydrogens (tertiary/aromatic N) is 3. The van der Waals surface area contributed by atoms with Crippen molar-refractivity contribution in [3.05, 3.63) is 69.5 Å². The van der Waals surface area contributed by atoms with Gasteiger partial charge in [-0.05, 0) is 30.3 Å². The van der Waals surface area contributed by atoms with Gasteiger partial charge in [-0.15, -0.1) is 0 Å². The molecule has 1 aliphatic rings. The van der Waals surface area contributed by atoms with Gasteiger partial charge in [0.05, 0.1) is 11.0 Å². The monoisotopic (exact) mass is 365 g/mol. The lowest BCUT2D eigenvalue weighted by molar-refractivity contribution is -0.384. The first-order valence-corrected chi connectivity index (χ1v) is 7.80. The number of piperazine rings is 1. The van der Waals surface area contributed by atoms with Crippen LogP contribution in [0.4, 0.5) is 24.5 Å². The Labute approximate surface area is 146 Å². The number of halogens is 3. The standard InChI is InChI=1S/C17H14F3N3O3/c18-12-2-4-15(16(10-12)23(25)26)21-5-7-22(8-6-21)17(24)11-1-3-13(19)14(20)9-11/h1-4,9-10H,5-8H2. The molecular weight excluding hydrogens is 351 g/mol. The van der Waals surface area contributed by atoms with Gasteiger partial charge in [-0.1, -0.05) is 0 Å². The normalized spacial score (nSPS) is 14.4. The molecule has 9 heteroatoms. The molecular formula is C17H14F3N3O3. The third-order valence-electron chi connectivity index (χ3n) is 4.21. The van der Waals surface area contributed by atoms with Crippen LogP contribution < -0.4 is 4.90 Å². The fourth-order valence-corrected chi connectivity index (χ4v) is 2.87. The summed E-state index contributed by atoms with van der Waals surface area (Å²) in [6, 6.07) is 6.27. The Bertz CT molecular complexity index is 868. The average molecular weight is 365 g/mol. The smallest absolute Gasteiger partial charge is 0.295 e. The second kappa shape index (κ2) is 7.03. The summed E-state index contributed by atoms with van der Waals surface area (Å²) in [6.45, 7) is 1.07. The van der Waals surface area contributed by atoms with Crippen molar-refractivity contribution < 1.29 is 22.9 Å². The van der Waals surface area contributed by atoms with Crippen LogP contribution in [0.25, 0.3) is 0 Å². The van der Waals surface area contributed by atoms with E-state index in [4.69, 9.17) is 0 Å². The molecule has 1 fully saturated rings. The minimum atomic E-state index is -1.10. The van der Waals surface area contributed by atoms with E-state index in [-0.39, 0.29) is 30.0 Å². The van der Waals surface area contributed by atoms with Crippen molar-refractivity contribution in [3.63, 3.8) is 0 Å². The zero-order valence-electron chi connectivity index (χ0n) is 13.5. The Morgan fingerprint density at radius 1 is 0.962 bits per heavy atom. The van der Waals surface area contributed by atoms with Crippen molar-refractivity contribution in [2.75, 3.05) is 31.1 Å². The predicted octanol–water partition coefficient (Wildman–Crippen LogP) is 2.97. The third-order valence-corrected chi connectivity index (χ3v) is 4.21. The molecule has 1 aliphatic heterocycles. The molecule has 1 heterocycles. The molecule has 0 unspecified atom stereocenters. The van der Waals surface area contributed by atoms with E-state index in [2.05, 4.69) is 0 Å². The van der Waals surface area contributed by atoms with Crippen molar-refractivity contribution in [1.29, 1.82) is 0 Å². The largest absolute Gasteiger partial charge is 0.362 e. The second-order valence-corrected chi connectivity index (χ2v) is 5.80. The molecule has 0 spiro atoms. The van der Waals surface area contributed by atoms with Crippen LogP contribution in [-0.2, 0) is 0 Å². The first-order chi connectivity index (χ1) is 12.4. The number of benzene rings is 2. The van der Waals surface area contributed by atoms with Crippen molar-refractivity contribution in [2.24, 2.45) is 0 Å². The summed E-state index contributed by atoms with van der Waals surface area (Å²) in [6.07, 6.45) is 0. The van der Waals surface area contributed by atoms with Crippen LogP contribution in [0.5, 0.6) is 0 Å². The quantitative estimate of drug-likeness (QED) is 0.620. The highest BCUT2D eigenvalue weighted by Crippen LogP contribution is 2.29. The molecule has 1 saturated heterocycles. The lowest BCUT2D eigenvalue weighted by Gasteiger charge is -2.35. The molecule has 0 atom stereocenters. The van der Waals surface area contributed by atoms with Crippen LogP contribution in [0.3, 0.4) is 0 Å². The average Bonchev–Trinajstić information content (AvgIpc) is 2.63. The van der Waals surface area contributed by atoms with Crippen molar-refractivity contribution in [2.45, 2.75) is 0 Å². The van der Waals surface area contributed by atoms with Gasteiger partial charge in [-0.3, -0.25) is 14.9 Å². The molecule has 0 bridgehead atoms. The fraction of sp³-hybridized carbons (Fsp3) is 0.235. The third kappa shape index (κ3) is 3.46. The first kappa shape index (κ1) is 17.7. The molecule has 0 saturated carbocycles. The Morgan fingerprint density at radius 2 is 1.65 bits per heavy atom. The van der Waals surface area contributed by atoms with Gasteiger partial charge in [-0.2, -0.15) is 0 Å². The molecule has 0 aliphatic carbocycles. The van der Waals surface area contributed by atoms with Gasteiger partial charge in [0.2, 0.25) is 0 Å². The molecule has 6 nitrogen and oxygen atoms in total. The van der Waals surface area contributed by atoms with Gasteiger partial charge in [-0.25, -0.2) is 13.2 Å². The lowest BCUT2D eigenvalue weighted by Crippen LogP contribution is -2.49. The number of carbonyl (C=O) groups is 1. The number of hydrogen-bond acceptors (Lipinski definition) is 4. The Balaban J connectivity index is 1.72. The van der Waals surface area contributed by atoms with E-state index in [9.17, 15) is 28.1 Å². The van der Waals surface area contributed by atoms with Crippen molar-refractivity contribution in [3.8, 4) is 0 Å². The van der Waals surface area contributed by atoms with Gasteiger partial charge < -0.3 is 9.80 Å². The highest BCUT2D eigenvalue weighted by atomic mass is 19.2. The molecule has 3 rings (SSSR count). The molecule has 26 heavy (non-hydrogen) atoms. The van der Waals surface area contributed by atoms with Crippen molar-refractivity contribution >= 4 is 17.3 Å². The predicted molar refractivity (Wildman–Crippen MR) is 87.5 cm³/mol. The number of nitro groups is 1. The molecule has 2 aromatic carbocycles. The van der Waals surface area contributed by atoms with E-state index in [0.29, 0.717) is 13.1 Å². The number of carbonyl (C=O) groups excluding carboxylic acids is 1. The number of amides is 1. The van der Waals surface area contributed by atoms with Crippen LogP contribution in [0.1, 0.15) is 10.4 Å². The highest BCUT2D eigenvalue weighted by molar-refractivity contribution is 5.94. The van der Waals surface area contributed by atoms with E-state index in [1.165, 1.54) is 17.0 Å². The summed E-state index contributed by atoms with van der Waals surface area (Å²) in [5.41, 5.74) is -0.0354. The van der Waals surface area contributed by atoms with Crippen LogP contribution >= 0.6 is 0 Å². The van der Waals surface area contributed by atoms with E-state index >= 15 is 0 Å². The SMILES string of the molecule is O=C(c1ccc(F)c(F)c1)N1CCN(c2ccc(F)cc2[N+](=O)[O-])CC1. The highest BCUT2D eigenvalue weighted by Gasteiger charge is 2.27. The maximum Gasteiger partial charge on any atom is 0.295 e. The lowest BCUT2D eigenvalue weighted by atomic mass is 10.1. The van der Waals surface area contributed by atoms with Crippen molar-refractivity contribution in [1.82, 2.24) is 4.90 Å². The Kier molecular flexibility index (Phi) is 4.79. The van der Waals surface area contributed by atoms with Crippen LogP contribution in [-0.4, -0.2) is 41.9 Å². The zero-order valence-corrected chi connectivity index (χ0v) is 13.5. The first-order valence-electron chi connectivity index (χ1n) is 7.80. The maximum absolute atomic E-state index is 13.3. The summed E-state index contributed by atoms with van der Waals surface area (Å²) in [5, 5.41) is 11.1. The summed E-state index contributed by atoms with van der Waals surface area (Å²) < 4.78 is 39.5. The number of hydrogen-bond donors (Lipinski definition) is 0. The van der Waals surface area contributed by atoms with Crippen LogP contribution in [0.15, 0.2) is 36.4 Å². The van der Waals surface area contributed by atoms with Gasteiger partial charge in [0.1, 0.15) is 11.5 Å². The summed E-state index contributed by atoms with van der Waals surface area (Å²) in [5.74, 6) is -3.28. The van der Waals surface area contributed by atoms with Gasteiger partial charge in [0, 0.05) is 31.7 Å². The number of nitro benzene ring substituents is 1. The topological polar surface area (TPSA) is 66.7 Å². The number of anilines is 1. The maximum atomic E-state index is 13.3. The van der Waals surface area contributed by atoms with E-state index in [1.54, 1.807) is 4.90 Å². The van der Waals surface area contributed by atoms with Gasteiger partial charge in [0.15, 0.2) is 11.6 Å². The van der Waals surface area contributed by atoms with E-state index < -0.39 is 28.3 Å². The molecule has 2 aromatic rings. The molecule has 0 radical (unpaired) electrons. The minimum Gasteiger partial charge on any atom is -0.362 e.